The molecule has 1 aromatic heterocycles. The van der Waals surface area contributed by atoms with Gasteiger partial charge in [0.05, 0.1) is 19.9 Å². The lowest BCUT2D eigenvalue weighted by Crippen LogP contribution is -2.03. The molecule has 4 aromatic rings. The number of anilines is 1. The Morgan fingerprint density at radius 1 is 0.926 bits per heavy atom. The van der Waals surface area contributed by atoms with Crippen LogP contribution in [0.4, 0.5) is 5.69 Å². The lowest BCUT2D eigenvalue weighted by Gasteiger charge is -2.21. The Kier molecular flexibility index (Phi) is 3.50. The van der Waals surface area contributed by atoms with Crippen molar-refractivity contribution in [1.29, 1.82) is 0 Å². The SMILES string of the molecule is COc1cc2c3c(c(-c4cccc5ccccc45)cnc3c1OC)NC=C2. The van der Waals surface area contributed by atoms with E-state index in [-0.39, 0.29) is 0 Å². The van der Waals surface area contributed by atoms with E-state index in [0.29, 0.717) is 11.5 Å². The normalized spacial score (nSPS) is 12.2. The van der Waals surface area contributed by atoms with Crippen LogP contribution in [0.25, 0.3) is 38.9 Å². The fourth-order valence-electron chi connectivity index (χ4n) is 3.87. The van der Waals surface area contributed by atoms with E-state index >= 15 is 0 Å². The second-order valence-electron chi connectivity index (χ2n) is 6.48. The number of aromatic nitrogens is 1. The highest BCUT2D eigenvalue weighted by Gasteiger charge is 2.21. The predicted molar refractivity (Wildman–Crippen MR) is 110 cm³/mol. The maximum atomic E-state index is 5.60. The Hall–Kier alpha value is -3.53. The van der Waals surface area contributed by atoms with Gasteiger partial charge in [0.2, 0.25) is 0 Å². The van der Waals surface area contributed by atoms with Gasteiger partial charge in [-0.1, -0.05) is 42.5 Å². The van der Waals surface area contributed by atoms with Crippen molar-refractivity contribution >= 4 is 33.4 Å². The molecule has 5 rings (SSSR count). The van der Waals surface area contributed by atoms with Crippen LogP contribution in [0.5, 0.6) is 11.5 Å². The molecule has 1 aliphatic heterocycles. The minimum Gasteiger partial charge on any atom is -0.493 e. The van der Waals surface area contributed by atoms with E-state index in [0.717, 1.165) is 33.3 Å². The molecular weight excluding hydrogens is 336 g/mol. The van der Waals surface area contributed by atoms with E-state index in [9.17, 15) is 0 Å². The monoisotopic (exact) mass is 354 g/mol. The van der Waals surface area contributed by atoms with Gasteiger partial charge in [0.25, 0.3) is 0 Å². The molecule has 0 aliphatic carbocycles. The topological polar surface area (TPSA) is 43.4 Å². The van der Waals surface area contributed by atoms with Gasteiger partial charge in [-0.2, -0.15) is 0 Å². The number of nitrogens with zero attached hydrogens (tertiary/aromatic N) is 1. The Bertz CT molecular complexity index is 1220. The summed E-state index contributed by atoms with van der Waals surface area (Å²) < 4.78 is 11.1. The lowest BCUT2D eigenvalue weighted by molar-refractivity contribution is 0.358. The van der Waals surface area contributed by atoms with E-state index < -0.39 is 0 Å². The standard InChI is InChI=1S/C23H18N2O2/c1-26-19-12-15-10-11-24-21-18(13-25-22(20(15)21)23(19)27-2)17-9-5-7-14-6-3-4-8-16(14)17/h3-13,24H,1-2H3. The summed E-state index contributed by atoms with van der Waals surface area (Å²) in [5, 5.41) is 6.89. The first-order valence-corrected chi connectivity index (χ1v) is 8.80. The summed E-state index contributed by atoms with van der Waals surface area (Å²) in [6, 6.07) is 16.8. The van der Waals surface area contributed by atoms with Crippen LogP contribution in [0, 0.1) is 0 Å². The van der Waals surface area contributed by atoms with E-state index in [1.165, 1.54) is 10.8 Å². The molecule has 0 saturated heterocycles. The number of rotatable bonds is 3. The number of fused-ring (bicyclic) bond motifs is 1. The molecule has 0 bridgehead atoms. The number of hydrogen-bond donors (Lipinski definition) is 1. The second kappa shape index (κ2) is 6.02. The minimum absolute atomic E-state index is 0.652. The molecule has 4 heteroatoms. The number of pyridine rings is 1. The van der Waals surface area contributed by atoms with Crippen molar-refractivity contribution in [3.8, 4) is 22.6 Å². The van der Waals surface area contributed by atoms with E-state index in [1.807, 2.05) is 24.5 Å². The lowest BCUT2D eigenvalue weighted by atomic mass is 9.94. The van der Waals surface area contributed by atoms with Gasteiger partial charge in [-0.05, 0) is 34.0 Å². The fraction of sp³-hybridized carbons (Fsp3) is 0.0870. The number of ether oxygens (including phenoxy) is 2. The van der Waals surface area contributed by atoms with Crippen molar-refractivity contribution in [2.75, 3.05) is 19.5 Å². The fourth-order valence-corrected chi connectivity index (χ4v) is 3.87. The molecule has 3 aromatic carbocycles. The van der Waals surface area contributed by atoms with Crippen LogP contribution in [0.2, 0.25) is 0 Å². The quantitative estimate of drug-likeness (QED) is 0.530. The summed E-state index contributed by atoms with van der Waals surface area (Å²) >= 11 is 0. The van der Waals surface area contributed by atoms with Crippen LogP contribution < -0.4 is 14.8 Å². The molecule has 1 N–H and O–H groups in total. The van der Waals surface area contributed by atoms with Crippen LogP contribution in [0.1, 0.15) is 5.56 Å². The van der Waals surface area contributed by atoms with Gasteiger partial charge in [-0.3, -0.25) is 4.98 Å². The van der Waals surface area contributed by atoms with Crippen LogP contribution in [-0.4, -0.2) is 19.2 Å². The summed E-state index contributed by atoms with van der Waals surface area (Å²) in [7, 11) is 3.29. The summed E-state index contributed by atoms with van der Waals surface area (Å²) in [5.41, 5.74) is 5.11. The Labute approximate surface area is 157 Å². The molecule has 0 spiro atoms. The third-order valence-electron chi connectivity index (χ3n) is 5.09. The highest BCUT2D eigenvalue weighted by molar-refractivity contribution is 6.11. The highest BCUT2D eigenvalue weighted by atomic mass is 16.5. The number of nitrogens with one attached hydrogen (secondary N) is 1. The van der Waals surface area contributed by atoms with Crippen LogP contribution in [0.3, 0.4) is 0 Å². The average Bonchev–Trinajstić information content (AvgIpc) is 2.73. The number of benzene rings is 3. The first kappa shape index (κ1) is 15.7. The van der Waals surface area contributed by atoms with Crippen molar-refractivity contribution in [2.45, 2.75) is 0 Å². The average molecular weight is 354 g/mol. The van der Waals surface area contributed by atoms with Crippen molar-refractivity contribution in [1.82, 2.24) is 4.98 Å². The molecule has 132 valence electrons. The van der Waals surface area contributed by atoms with Gasteiger partial charge < -0.3 is 14.8 Å². The van der Waals surface area contributed by atoms with Gasteiger partial charge in [0, 0.05) is 23.3 Å². The zero-order valence-corrected chi connectivity index (χ0v) is 15.1. The zero-order chi connectivity index (χ0) is 18.4. The molecule has 2 heterocycles. The minimum atomic E-state index is 0.652. The Morgan fingerprint density at radius 3 is 2.63 bits per heavy atom. The molecular formula is C23H18N2O2. The largest absolute Gasteiger partial charge is 0.493 e. The van der Waals surface area contributed by atoms with Crippen molar-refractivity contribution in [3.63, 3.8) is 0 Å². The summed E-state index contributed by atoms with van der Waals surface area (Å²) in [6.45, 7) is 0. The third-order valence-corrected chi connectivity index (χ3v) is 5.09. The molecule has 4 nitrogen and oxygen atoms in total. The van der Waals surface area contributed by atoms with Gasteiger partial charge in [0.1, 0.15) is 5.52 Å². The first-order valence-electron chi connectivity index (χ1n) is 8.80. The van der Waals surface area contributed by atoms with Gasteiger partial charge in [0.15, 0.2) is 11.5 Å². The van der Waals surface area contributed by atoms with E-state index in [1.54, 1.807) is 14.2 Å². The summed E-state index contributed by atoms with van der Waals surface area (Å²) in [6.07, 6.45) is 5.90. The zero-order valence-electron chi connectivity index (χ0n) is 15.1. The van der Waals surface area contributed by atoms with Crippen LogP contribution in [-0.2, 0) is 0 Å². The van der Waals surface area contributed by atoms with Gasteiger partial charge in [-0.15, -0.1) is 0 Å². The molecule has 0 amide bonds. The Balaban J connectivity index is 1.88. The molecule has 1 aliphatic rings. The maximum absolute atomic E-state index is 5.60. The van der Waals surface area contributed by atoms with E-state index in [2.05, 4.69) is 47.8 Å². The maximum Gasteiger partial charge on any atom is 0.187 e. The highest BCUT2D eigenvalue weighted by Crippen LogP contribution is 2.45. The van der Waals surface area contributed by atoms with Crippen molar-refractivity contribution in [2.24, 2.45) is 0 Å². The van der Waals surface area contributed by atoms with Gasteiger partial charge >= 0.3 is 0 Å². The molecule has 27 heavy (non-hydrogen) atoms. The molecule has 0 unspecified atom stereocenters. The van der Waals surface area contributed by atoms with Gasteiger partial charge in [-0.25, -0.2) is 0 Å². The molecule has 0 fully saturated rings. The molecule has 0 saturated carbocycles. The summed E-state index contributed by atoms with van der Waals surface area (Å²) in [5.74, 6) is 1.34. The Morgan fingerprint density at radius 2 is 1.78 bits per heavy atom. The van der Waals surface area contributed by atoms with Crippen molar-refractivity contribution in [3.05, 3.63) is 66.5 Å². The van der Waals surface area contributed by atoms with Crippen LogP contribution >= 0.6 is 0 Å². The van der Waals surface area contributed by atoms with E-state index in [4.69, 9.17) is 14.5 Å². The third kappa shape index (κ3) is 2.27. The first-order chi connectivity index (χ1) is 13.3. The second-order valence-corrected chi connectivity index (χ2v) is 6.48. The number of hydrogen-bond acceptors (Lipinski definition) is 4. The molecule has 0 radical (unpaired) electrons. The number of methoxy groups -OCH3 is 2. The summed E-state index contributed by atoms with van der Waals surface area (Å²) in [4.78, 5) is 4.77. The predicted octanol–water partition coefficient (Wildman–Crippen LogP) is 5.47. The smallest absolute Gasteiger partial charge is 0.187 e. The van der Waals surface area contributed by atoms with Crippen LogP contribution in [0.15, 0.2) is 60.9 Å². The van der Waals surface area contributed by atoms with Crippen molar-refractivity contribution < 1.29 is 9.47 Å². The molecule has 0 atom stereocenters.